The van der Waals surface area contributed by atoms with Crippen molar-refractivity contribution in [1.82, 2.24) is 0 Å². The summed E-state index contributed by atoms with van der Waals surface area (Å²) in [5.41, 5.74) is 5.01. The predicted octanol–water partition coefficient (Wildman–Crippen LogP) is -2.00. The van der Waals surface area contributed by atoms with Crippen LogP contribution in [0.5, 0.6) is 0 Å². The van der Waals surface area contributed by atoms with Gasteiger partial charge in [-0.25, -0.2) is 13.2 Å². The van der Waals surface area contributed by atoms with E-state index in [4.69, 9.17) is 15.9 Å². The molecular weight excluding hydrogens is 202 g/mol. The minimum absolute atomic E-state index is 0.773. The molecule has 0 amide bonds. The van der Waals surface area contributed by atoms with Gasteiger partial charge >= 0.3 is 11.9 Å². The van der Waals surface area contributed by atoms with Crippen molar-refractivity contribution in [3.05, 3.63) is 0 Å². The molecule has 0 aromatic heterocycles. The fraction of sp³-hybridized carbons (Fsp3) is 0.600. The molecule has 1 fully saturated rings. The molecule has 1 unspecified atom stereocenters. The molecule has 4 N–H and O–H groups in total. The average Bonchev–Trinajstić information content (AvgIpc) is 2.35. The Labute approximate surface area is 73.1 Å². The number of hydrogen-bond donors (Lipinski definition) is 3. The van der Waals surface area contributed by atoms with E-state index in [1.54, 1.807) is 0 Å². The number of nitrogens with two attached hydrogens (primary N) is 1. The maximum absolute atomic E-state index is 10.9. The molecule has 0 aromatic rings. The molecule has 0 aromatic carbocycles. The summed E-state index contributed by atoms with van der Waals surface area (Å²) >= 11 is 0. The normalized spacial score (nSPS) is 35.3. The number of carboxylic acids is 2. The second-order valence-electron chi connectivity index (χ2n) is 2.73. The lowest BCUT2D eigenvalue weighted by Gasteiger charge is -1.96. The Morgan fingerprint density at radius 2 is 1.85 bits per heavy atom. The van der Waals surface area contributed by atoms with Crippen molar-refractivity contribution in [3.63, 3.8) is 0 Å². The maximum atomic E-state index is 10.9. The lowest BCUT2D eigenvalue weighted by Crippen LogP contribution is -2.38. The fourth-order valence-electron chi connectivity index (χ4n) is 1.09. The lowest BCUT2D eigenvalue weighted by atomic mass is 10.2. The molecule has 0 bridgehead atoms. The minimum Gasteiger partial charge on any atom is -0.481 e. The molecule has 2 atom stereocenters. The second kappa shape index (κ2) is 2.42. The first-order valence-electron chi connectivity index (χ1n) is 3.22. The molecule has 0 aliphatic carbocycles. The van der Waals surface area contributed by atoms with Gasteiger partial charge in [0.15, 0.2) is 9.84 Å². The predicted molar refractivity (Wildman–Crippen MR) is 39.5 cm³/mol. The monoisotopic (exact) mass is 209 g/mol. The highest BCUT2D eigenvalue weighted by Gasteiger charge is 2.75. The number of sulfone groups is 1. The highest BCUT2D eigenvalue weighted by Crippen LogP contribution is 2.43. The first kappa shape index (κ1) is 9.93. The molecule has 13 heavy (non-hydrogen) atoms. The molecule has 0 spiro atoms. The van der Waals surface area contributed by atoms with Gasteiger partial charge < -0.3 is 15.9 Å². The molecule has 1 aliphatic rings. The minimum atomic E-state index is -3.99. The lowest BCUT2D eigenvalue weighted by molar-refractivity contribution is -0.139. The van der Waals surface area contributed by atoms with Gasteiger partial charge in [-0.3, -0.25) is 4.79 Å². The topological polar surface area (TPSA) is 135 Å². The Bertz CT molecular complexity index is 372. The Balaban J connectivity index is 2.96. The summed E-state index contributed by atoms with van der Waals surface area (Å²) in [5.74, 6) is -3.10. The van der Waals surface area contributed by atoms with E-state index in [9.17, 15) is 18.0 Å². The number of aliphatic carboxylic acids is 2. The van der Waals surface area contributed by atoms with Gasteiger partial charge in [0.25, 0.3) is 0 Å². The summed E-state index contributed by atoms with van der Waals surface area (Å²) in [5, 5.41) is 15.2. The van der Waals surface area contributed by atoms with Crippen molar-refractivity contribution in [2.45, 2.75) is 16.5 Å². The SMILES string of the molecule is N[C@]1(C(=O)O)C(CC(=O)O)S1(=O)=O. The van der Waals surface area contributed by atoms with E-state index in [2.05, 4.69) is 0 Å². The van der Waals surface area contributed by atoms with Gasteiger partial charge in [0.2, 0.25) is 4.87 Å². The Morgan fingerprint density at radius 3 is 2.08 bits per heavy atom. The largest absolute Gasteiger partial charge is 0.481 e. The molecule has 7 nitrogen and oxygen atoms in total. The molecule has 1 aliphatic heterocycles. The number of hydrogen-bond acceptors (Lipinski definition) is 5. The van der Waals surface area contributed by atoms with Gasteiger partial charge in [-0.2, -0.15) is 0 Å². The van der Waals surface area contributed by atoms with Gasteiger partial charge in [-0.15, -0.1) is 0 Å². The van der Waals surface area contributed by atoms with Gasteiger partial charge in [-0.05, 0) is 0 Å². The van der Waals surface area contributed by atoms with E-state index in [1.165, 1.54) is 0 Å². The standard InChI is InChI=1S/C5H7NO6S/c6-5(4(9)10)2(1-3(7)8)13(5,11)12/h2H,1,6H2,(H,7,8)(H,9,10)/t2?,5-/m1/s1. The second-order valence-corrected chi connectivity index (χ2v) is 5.06. The van der Waals surface area contributed by atoms with E-state index < -0.39 is 38.3 Å². The summed E-state index contributed by atoms with van der Waals surface area (Å²) in [7, 11) is -3.99. The average molecular weight is 209 g/mol. The summed E-state index contributed by atoms with van der Waals surface area (Å²) in [4.78, 5) is 18.1. The molecule has 8 heteroatoms. The molecule has 74 valence electrons. The first-order valence-corrected chi connectivity index (χ1v) is 4.76. The summed E-state index contributed by atoms with van der Waals surface area (Å²) in [6.07, 6.45) is -0.773. The van der Waals surface area contributed by atoms with Crippen LogP contribution >= 0.6 is 0 Å². The Hall–Kier alpha value is -1.15. The summed E-state index contributed by atoms with van der Waals surface area (Å²) < 4.78 is 21.9. The molecule has 1 saturated heterocycles. The Morgan fingerprint density at radius 1 is 1.38 bits per heavy atom. The zero-order valence-corrected chi connectivity index (χ0v) is 7.11. The van der Waals surface area contributed by atoms with Gasteiger partial charge in [0.1, 0.15) is 5.25 Å². The summed E-state index contributed by atoms with van der Waals surface area (Å²) in [6, 6.07) is 0. The molecule has 1 heterocycles. The van der Waals surface area contributed by atoms with Crippen molar-refractivity contribution < 1.29 is 28.2 Å². The van der Waals surface area contributed by atoms with Crippen LogP contribution < -0.4 is 5.73 Å². The van der Waals surface area contributed by atoms with Crippen LogP contribution in [0.3, 0.4) is 0 Å². The zero-order valence-electron chi connectivity index (χ0n) is 6.30. The first-order chi connectivity index (χ1) is 5.74. The van der Waals surface area contributed by atoms with Crippen LogP contribution in [-0.2, 0) is 19.4 Å². The Kier molecular flexibility index (Phi) is 1.85. The van der Waals surface area contributed by atoms with Gasteiger partial charge in [0, 0.05) is 0 Å². The fourth-order valence-corrected chi connectivity index (χ4v) is 2.94. The third kappa shape index (κ3) is 1.10. The van der Waals surface area contributed by atoms with Crippen LogP contribution in [0.4, 0.5) is 0 Å². The highest BCUT2D eigenvalue weighted by atomic mass is 32.2. The summed E-state index contributed by atoms with van der Waals surface area (Å²) in [6.45, 7) is 0. The molecule has 1 rings (SSSR count). The van der Waals surface area contributed by atoms with Crippen molar-refractivity contribution in [2.75, 3.05) is 0 Å². The van der Waals surface area contributed by atoms with E-state index in [0.717, 1.165) is 0 Å². The molecular formula is C5H7NO6S. The van der Waals surface area contributed by atoms with Crippen LogP contribution in [0.2, 0.25) is 0 Å². The number of carboxylic acid groups (broad SMARTS) is 2. The van der Waals surface area contributed by atoms with Crippen molar-refractivity contribution in [2.24, 2.45) is 5.73 Å². The molecule has 0 saturated carbocycles. The van der Waals surface area contributed by atoms with E-state index in [1.807, 2.05) is 0 Å². The van der Waals surface area contributed by atoms with E-state index in [-0.39, 0.29) is 0 Å². The third-order valence-corrected chi connectivity index (χ3v) is 4.40. The number of rotatable bonds is 3. The van der Waals surface area contributed by atoms with Gasteiger partial charge in [0.05, 0.1) is 6.42 Å². The van der Waals surface area contributed by atoms with Crippen LogP contribution in [0.25, 0.3) is 0 Å². The number of carbonyl (C=O) groups is 2. The van der Waals surface area contributed by atoms with Crippen molar-refractivity contribution >= 4 is 21.8 Å². The quantitative estimate of drug-likeness (QED) is 0.457. The van der Waals surface area contributed by atoms with Crippen molar-refractivity contribution in [1.29, 1.82) is 0 Å². The highest BCUT2D eigenvalue weighted by molar-refractivity contribution is 8.01. The maximum Gasteiger partial charge on any atom is 0.341 e. The van der Waals surface area contributed by atoms with Crippen molar-refractivity contribution in [3.8, 4) is 0 Å². The zero-order chi connectivity index (χ0) is 10.4. The molecule has 0 radical (unpaired) electrons. The van der Waals surface area contributed by atoms with E-state index >= 15 is 0 Å². The smallest absolute Gasteiger partial charge is 0.341 e. The third-order valence-electron chi connectivity index (χ3n) is 1.96. The van der Waals surface area contributed by atoms with Crippen LogP contribution in [0.15, 0.2) is 0 Å². The van der Waals surface area contributed by atoms with Crippen LogP contribution in [0.1, 0.15) is 6.42 Å². The van der Waals surface area contributed by atoms with E-state index in [0.29, 0.717) is 0 Å². The van der Waals surface area contributed by atoms with Crippen LogP contribution in [0, 0.1) is 0 Å². The van der Waals surface area contributed by atoms with Crippen LogP contribution in [-0.4, -0.2) is 40.7 Å². The van der Waals surface area contributed by atoms with Gasteiger partial charge in [-0.1, -0.05) is 0 Å².